The molecule has 136 valence electrons. The van der Waals surface area contributed by atoms with Crippen LogP contribution in [-0.2, 0) is 6.42 Å². The third-order valence-electron chi connectivity index (χ3n) is 5.60. The normalized spacial score (nSPS) is 20.0. The van der Waals surface area contributed by atoms with Gasteiger partial charge in [-0.2, -0.15) is 0 Å². The van der Waals surface area contributed by atoms with Crippen molar-refractivity contribution >= 4 is 17.5 Å². The van der Waals surface area contributed by atoms with Crippen molar-refractivity contribution in [3.05, 3.63) is 47.8 Å². The van der Waals surface area contributed by atoms with Crippen LogP contribution in [0.1, 0.15) is 54.9 Å². The number of fused-ring (bicyclic) bond motifs is 1. The first kappa shape index (κ1) is 17.0. The minimum atomic E-state index is -0.00520. The van der Waals surface area contributed by atoms with Gasteiger partial charge in [0, 0.05) is 37.2 Å². The summed E-state index contributed by atoms with van der Waals surface area (Å²) >= 11 is 0. The second kappa shape index (κ2) is 7.44. The SMILES string of the molecule is CCC1CCCCN1c1ncc(C(=O)N2CCCc3ccccc32)cn1. The Morgan fingerprint density at radius 3 is 2.73 bits per heavy atom. The van der Waals surface area contributed by atoms with Crippen molar-refractivity contribution in [3.8, 4) is 0 Å². The largest absolute Gasteiger partial charge is 0.338 e. The van der Waals surface area contributed by atoms with Crippen molar-refractivity contribution in [3.63, 3.8) is 0 Å². The number of hydrogen-bond donors (Lipinski definition) is 0. The van der Waals surface area contributed by atoms with Crippen molar-refractivity contribution in [2.24, 2.45) is 0 Å². The van der Waals surface area contributed by atoms with E-state index >= 15 is 0 Å². The second-order valence-electron chi connectivity index (χ2n) is 7.21. The van der Waals surface area contributed by atoms with Crippen molar-refractivity contribution in [2.45, 2.75) is 51.5 Å². The van der Waals surface area contributed by atoms with Crippen molar-refractivity contribution < 1.29 is 4.79 Å². The molecule has 0 saturated carbocycles. The second-order valence-corrected chi connectivity index (χ2v) is 7.21. The third-order valence-corrected chi connectivity index (χ3v) is 5.60. The number of amides is 1. The lowest BCUT2D eigenvalue weighted by Gasteiger charge is -2.35. The van der Waals surface area contributed by atoms with Gasteiger partial charge in [-0.25, -0.2) is 9.97 Å². The number of nitrogens with zero attached hydrogens (tertiary/aromatic N) is 4. The molecule has 0 radical (unpaired) electrons. The fourth-order valence-electron chi connectivity index (χ4n) is 4.17. The van der Waals surface area contributed by atoms with E-state index in [-0.39, 0.29) is 5.91 Å². The first-order valence-electron chi connectivity index (χ1n) is 9.76. The number of rotatable bonds is 3. The Kier molecular flexibility index (Phi) is 4.87. The standard InChI is InChI=1S/C21H26N4O/c1-2-18-10-5-6-12-24(18)21-22-14-17(15-23-21)20(26)25-13-7-9-16-8-3-4-11-19(16)25/h3-4,8,11,14-15,18H,2,5-7,9-10,12-13H2,1H3. The Morgan fingerprint density at radius 2 is 1.92 bits per heavy atom. The van der Waals surface area contributed by atoms with Crippen LogP contribution in [-0.4, -0.2) is 35.0 Å². The quantitative estimate of drug-likeness (QED) is 0.844. The van der Waals surface area contributed by atoms with Crippen LogP contribution in [0.15, 0.2) is 36.7 Å². The fraction of sp³-hybridized carbons (Fsp3) is 0.476. The van der Waals surface area contributed by atoms with Crippen LogP contribution in [0.3, 0.4) is 0 Å². The van der Waals surface area contributed by atoms with E-state index in [1.807, 2.05) is 23.1 Å². The number of piperidine rings is 1. The Morgan fingerprint density at radius 1 is 1.12 bits per heavy atom. The highest BCUT2D eigenvalue weighted by molar-refractivity contribution is 6.06. The zero-order valence-corrected chi connectivity index (χ0v) is 15.4. The molecule has 2 aliphatic heterocycles. The molecule has 1 atom stereocenters. The molecule has 1 amide bonds. The fourth-order valence-corrected chi connectivity index (χ4v) is 4.17. The minimum Gasteiger partial charge on any atom is -0.338 e. The van der Waals surface area contributed by atoms with Crippen LogP contribution in [0.4, 0.5) is 11.6 Å². The van der Waals surface area contributed by atoms with Crippen LogP contribution in [0.5, 0.6) is 0 Å². The van der Waals surface area contributed by atoms with Gasteiger partial charge in [-0.1, -0.05) is 25.1 Å². The van der Waals surface area contributed by atoms with Gasteiger partial charge in [0.15, 0.2) is 0 Å². The van der Waals surface area contributed by atoms with Crippen molar-refractivity contribution in [1.29, 1.82) is 0 Å². The Bertz CT molecular complexity index is 774. The highest BCUT2D eigenvalue weighted by Gasteiger charge is 2.26. The zero-order valence-electron chi connectivity index (χ0n) is 15.4. The number of anilines is 2. The maximum atomic E-state index is 13.0. The van der Waals surface area contributed by atoms with E-state index < -0.39 is 0 Å². The first-order chi connectivity index (χ1) is 12.8. The lowest BCUT2D eigenvalue weighted by Crippen LogP contribution is -2.40. The van der Waals surface area contributed by atoms with Crippen LogP contribution in [0.25, 0.3) is 0 Å². The molecule has 1 saturated heterocycles. The van der Waals surface area contributed by atoms with E-state index in [0.29, 0.717) is 11.6 Å². The summed E-state index contributed by atoms with van der Waals surface area (Å²) < 4.78 is 0. The lowest BCUT2D eigenvalue weighted by atomic mass is 10.0. The van der Waals surface area contributed by atoms with Gasteiger partial charge >= 0.3 is 0 Å². The zero-order chi connectivity index (χ0) is 17.9. The molecule has 1 aromatic heterocycles. The molecular weight excluding hydrogens is 324 g/mol. The smallest absolute Gasteiger partial charge is 0.261 e. The molecule has 4 rings (SSSR count). The highest BCUT2D eigenvalue weighted by Crippen LogP contribution is 2.28. The number of aryl methyl sites for hydroxylation is 1. The molecule has 1 unspecified atom stereocenters. The highest BCUT2D eigenvalue weighted by atomic mass is 16.2. The van der Waals surface area contributed by atoms with E-state index in [9.17, 15) is 4.79 Å². The summed E-state index contributed by atoms with van der Waals surface area (Å²) in [5, 5.41) is 0. The van der Waals surface area contributed by atoms with Gasteiger partial charge in [0.1, 0.15) is 0 Å². The molecule has 3 heterocycles. The van der Waals surface area contributed by atoms with Crippen LogP contribution in [0, 0.1) is 0 Å². The summed E-state index contributed by atoms with van der Waals surface area (Å²) in [4.78, 5) is 26.2. The van der Waals surface area contributed by atoms with E-state index in [1.165, 1.54) is 24.8 Å². The van der Waals surface area contributed by atoms with Gasteiger partial charge in [0.2, 0.25) is 5.95 Å². The summed E-state index contributed by atoms with van der Waals surface area (Å²) in [7, 11) is 0. The average Bonchev–Trinajstić information content (AvgIpc) is 2.73. The molecule has 5 nitrogen and oxygen atoms in total. The summed E-state index contributed by atoms with van der Waals surface area (Å²) in [5.41, 5.74) is 2.83. The molecule has 0 bridgehead atoms. The van der Waals surface area contributed by atoms with E-state index in [4.69, 9.17) is 0 Å². The summed E-state index contributed by atoms with van der Waals surface area (Å²) in [6.07, 6.45) is 10.2. The van der Waals surface area contributed by atoms with E-state index in [1.54, 1.807) is 12.4 Å². The van der Waals surface area contributed by atoms with Gasteiger partial charge in [0.05, 0.1) is 5.56 Å². The molecule has 5 heteroatoms. The molecule has 2 aromatic rings. The predicted molar refractivity (Wildman–Crippen MR) is 104 cm³/mol. The number of para-hydroxylation sites is 1. The van der Waals surface area contributed by atoms with Gasteiger partial charge < -0.3 is 9.80 Å². The van der Waals surface area contributed by atoms with Gasteiger partial charge in [0.25, 0.3) is 5.91 Å². The van der Waals surface area contributed by atoms with Crippen molar-refractivity contribution in [1.82, 2.24) is 9.97 Å². The minimum absolute atomic E-state index is 0.00520. The molecule has 2 aliphatic rings. The number of carbonyl (C=O) groups excluding carboxylic acids is 1. The predicted octanol–water partition coefficient (Wildman–Crippen LogP) is 3.84. The molecule has 26 heavy (non-hydrogen) atoms. The Labute approximate surface area is 155 Å². The van der Waals surface area contributed by atoms with Gasteiger partial charge in [-0.05, 0) is 50.2 Å². The van der Waals surface area contributed by atoms with Crippen molar-refractivity contribution in [2.75, 3.05) is 22.9 Å². The van der Waals surface area contributed by atoms with Crippen LogP contribution < -0.4 is 9.80 Å². The average molecular weight is 350 g/mol. The molecule has 1 fully saturated rings. The molecular formula is C21H26N4O. The first-order valence-corrected chi connectivity index (χ1v) is 9.76. The topological polar surface area (TPSA) is 49.3 Å². The maximum absolute atomic E-state index is 13.0. The van der Waals surface area contributed by atoms with Gasteiger partial charge in [-0.3, -0.25) is 4.79 Å². The van der Waals surface area contributed by atoms with Crippen LogP contribution in [0.2, 0.25) is 0 Å². The molecule has 0 aliphatic carbocycles. The number of benzene rings is 1. The maximum Gasteiger partial charge on any atom is 0.261 e. The third kappa shape index (κ3) is 3.18. The number of aromatic nitrogens is 2. The molecule has 0 N–H and O–H groups in total. The summed E-state index contributed by atoms with van der Waals surface area (Å²) in [6.45, 7) is 3.97. The number of carbonyl (C=O) groups is 1. The van der Waals surface area contributed by atoms with E-state index in [0.717, 1.165) is 44.0 Å². The van der Waals surface area contributed by atoms with Gasteiger partial charge in [-0.15, -0.1) is 0 Å². The monoisotopic (exact) mass is 350 g/mol. The summed E-state index contributed by atoms with van der Waals surface area (Å²) in [6, 6.07) is 8.68. The van der Waals surface area contributed by atoms with Crippen LogP contribution >= 0.6 is 0 Å². The Balaban J connectivity index is 1.55. The molecule has 0 spiro atoms. The summed E-state index contributed by atoms with van der Waals surface area (Å²) in [5.74, 6) is 0.751. The number of hydrogen-bond acceptors (Lipinski definition) is 4. The Hall–Kier alpha value is -2.43. The van der Waals surface area contributed by atoms with E-state index in [2.05, 4.69) is 27.9 Å². The molecule has 1 aromatic carbocycles. The lowest BCUT2D eigenvalue weighted by molar-refractivity contribution is 0.0984.